The van der Waals surface area contributed by atoms with Crippen LogP contribution in [0, 0.1) is 0 Å². The minimum Gasteiger partial charge on any atom is -0.481 e. The van der Waals surface area contributed by atoms with E-state index in [1.165, 1.54) is 5.56 Å². The summed E-state index contributed by atoms with van der Waals surface area (Å²) in [5, 5.41) is 3.42. The van der Waals surface area contributed by atoms with E-state index < -0.39 is 0 Å². The van der Waals surface area contributed by atoms with Gasteiger partial charge in [-0.15, -0.1) is 0 Å². The minimum atomic E-state index is 0.664. The largest absolute Gasteiger partial charge is 0.481 e. The molecule has 1 aromatic rings. The number of rotatable bonds is 8. The fourth-order valence-corrected chi connectivity index (χ4v) is 1.65. The Labute approximate surface area is 104 Å². The molecule has 4 nitrogen and oxygen atoms in total. The van der Waals surface area contributed by atoms with Crippen molar-refractivity contribution in [1.29, 1.82) is 0 Å². The third-order valence-electron chi connectivity index (χ3n) is 2.84. The van der Waals surface area contributed by atoms with E-state index in [9.17, 15) is 0 Å². The Hall–Kier alpha value is -1.13. The number of likely N-dealkylation sites (N-methyl/N-ethyl adjacent to an activating group) is 1. The normalized spacial score (nSPS) is 10.8. The molecule has 0 saturated heterocycles. The van der Waals surface area contributed by atoms with Crippen molar-refractivity contribution in [2.45, 2.75) is 20.4 Å². The summed E-state index contributed by atoms with van der Waals surface area (Å²) >= 11 is 0. The van der Waals surface area contributed by atoms with Gasteiger partial charge in [0, 0.05) is 31.9 Å². The Bertz CT molecular complexity index is 296. The lowest BCUT2D eigenvalue weighted by molar-refractivity contribution is 0.302. The molecule has 0 atom stereocenters. The highest BCUT2D eigenvalue weighted by Gasteiger charge is 1.98. The van der Waals surface area contributed by atoms with Gasteiger partial charge in [0.05, 0.1) is 7.11 Å². The van der Waals surface area contributed by atoms with Crippen molar-refractivity contribution >= 4 is 0 Å². The highest BCUT2D eigenvalue weighted by Crippen LogP contribution is 2.05. The van der Waals surface area contributed by atoms with Gasteiger partial charge in [0.15, 0.2) is 0 Å². The van der Waals surface area contributed by atoms with Crippen molar-refractivity contribution in [3.63, 3.8) is 0 Å². The van der Waals surface area contributed by atoms with Crippen molar-refractivity contribution in [2.24, 2.45) is 0 Å². The molecular formula is C13H23N3O. The number of methoxy groups -OCH3 is 1. The standard InChI is InChI=1S/C13H23N3O/c1-4-16(5-2)9-8-14-10-12-6-7-13(17-3)15-11-12/h6-7,11,14H,4-5,8-10H2,1-3H3. The first-order valence-corrected chi connectivity index (χ1v) is 6.22. The van der Waals surface area contributed by atoms with E-state index in [0.29, 0.717) is 5.88 Å². The van der Waals surface area contributed by atoms with Gasteiger partial charge in [-0.3, -0.25) is 0 Å². The second kappa shape index (κ2) is 8.03. The van der Waals surface area contributed by atoms with E-state index >= 15 is 0 Å². The van der Waals surface area contributed by atoms with E-state index in [-0.39, 0.29) is 0 Å². The van der Waals surface area contributed by atoms with Crippen molar-refractivity contribution in [3.05, 3.63) is 23.9 Å². The molecule has 4 heteroatoms. The third kappa shape index (κ3) is 5.15. The van der Waals surface area contributed by atoms with Crippen LogP contribution in [0.25, 0.3) is 0 Å². The summed E-state index contributed by atoms with van der Waals surface area (Å²) in [6, 6.07) is 3.93. The molecule has 0 unspecified atom stereocenters. The molecule has 1 aromatic heterocycles. The van der Waals surface area contributed by atoms with Gasteiger partial charge < -0.3 is 15.0 Å². The Kier molecular flexibility index (Phi) is 6.58. The smallest absolute Gasteiger partial charge is 0.212 e. The summed E-state index contributed by atoms with van der Waals surface area (Å²) in [4.78, 5) is 6.57. The zero-order valence-electron chi connectivity index (χ0n) is 11.1. The molecule has 1 rings (SSSR count). The van der Waals surface area contributed by atoms with Crippen molar-refractivity contribution in [1.82, 2.24) is 15.2 Å². The molecule has 0 spiro atoms. The van der Waals surface area contributed by atoms with Crippen LogP contribution in [0.5, 0.6) is 5.88 Å². The van der Waals surface area contributed by atoms with Crippen molar-refractivity contribution < 1.29 is 4.74 Å². The van der Waals surface area contributed by atoms with Crippen molar-refractivity contribution in [3.8, 4) is 5.88 Å². The fraction of sp³-hybridized carbons (Fsp3) is 0.615. The molecule has 0 saturated carbocycles. The fourth-order valence-electron chi connectivity index (χ4n) is 1.65. The second-order valence-corrected chi connectivity index (χ2v) is 3.91. The monoisotopic (exact) mass is 237 g/mol. The van der Waals surface area contributed by atoms with Crippen molar-refractivity contribution in [2.75, 3.05) is 33.3 Å². The van der Waals surface area contributed by atoms with Crippen LogP contribution in [0.3, 0.4) is 0 Å². The zero-order chi connectivity index (χ0) is 12.5. The molecule has 17 heavy (non-hydrogen) atoms. The summed E-state index contributed by atoms with van der Waals surface area (Å²) in [6.45, 7) is 9.57. The van der Waals surface area contributed by atoms with Crippen LogP contribution in [0.2, 0.25) is 0 Å². The van der Waals surface area contributed by atoms with E-state index in [1.54, 1.807) is 7.11 Å². The number of nitrogens with one attached hydrogen (secondary N) is 1. The van der Waals surface area contributed by atoms with Crippen LogP contribution in [0.15, 0.2) is 18.3 Å². The van der Waals surface area contributed by atoms with Gasteiger partial charge in [0.1, 0.15) is 0 Å². The lowest BCUT2D eigenvalue weighted by Gasteiger charge is -2.17. The number of ether oxygens (including phenoxy) is 1. The number of hydrogen-bond donors (Lipinski definition) is 1. The van der Waals surface area contributed by atoms with E-state index in [4.69, 9.17) is 4.74 Å². The van der Waals surface area contributed by atoms with Gasteiger partial charge >= 0.3 is 0 Å². The highest BCUT2D eigenvalue weighted by atomic mass is 16.5. The minimum absolute atomic E-state index is 0.664. The predicted octanol–water partition coefficient (Wildman–Crippen LogP) is 1.52. The topological polar surface area (TPSA) is 37.4 Å². The summed E-state index contributed by atoms with van der Waals surface area (Å²) < 4.78 is 5.02. The predicted molar refractivity (Wildman–Crippen MR) is 70.3 cm³/mol. The second-order valence-electron chi connectivity index (χ2n) is 3.91. The molecule has 0 aliphatic heterocycles. The third-order valence-corrected chi connectivity index (χ3v) is 2.84. The Morgan fingerprint density at radius 2 is 2.06 bits per heavy atom. The average Bonchev–Trinajstić information content (AvgIpc) is 2.40. The molecule has 0 fully saturated rings. The molecule has 1 heterocycles. The summed E-state index contributed by atoms with van der Waals surface area (Å²) in [7, 11) is 1.63. The Morgan fingerprint density at radius 1 is 1.29 bits per heavy atom. The average molecular weight is 237 g/mol. The number of pyridine rings is 1. The number of nitrogens with zero attached hydrogens (tertiary/aromatic N) is 2. The highest BCUT2D eigenvalue weighted by molar-refractivity contribution is 5.17. The molecule has 0 aliphatic rings. The molecule has 96 valence electrons. The summed E-state index contributed by atoms with van der Waals surface area (Å²) in [5.74, 6) is 0.664. The summed E-state index contributed by atoms with van der Waals surface area (Å²) in [6.07, 6.45) is 1.85. The van der Waals surface area contributed by atoms with Crippen LogP contribution < -0.4 is 10.1 Å². The van der Waals surface area contributed by atoms with E-state index in [0.717, 1.165) is 32.7 Å². The van der Waals surface area contributed by atoms with Gasteiger partial charge in [-0.25, -0.2) is 4.98 Å². The molecular weight excluding hydrogens is 214 g/mol. The van der Waals surface area contributed by atoms with Crippen LogP contribution in [-0.4, -0.2) is 43.2 Å². The maximum Gasteiger partial charge on any atom is 0.212 e. The van der Waals surface area contributed by atoms with Gasteiger partial charge in [-0.2, -0.15) is 0 Å². The van der Waals surface area contributed by atoms with Crippen LogP contribution in [0.1, 0.15) is 19.4 Å². The lowest BCUT2D eigenvalue weighted by Crippen LogP contribution is -2.31. The Balaban J connectivity index is 2.21. The molecule has 0 radical (unpaired) electrons. The molecule has 0 aliphatic carbocycles. The number of aromatic nitrogens is 1. The van der Waals surface area contributed by atoms with Gasteiger partial charge in [0.2, 0.25) is 5.88 Å². The van der Waals surface area contributed by atoms with Crippen LogP contribution >= 0.6 is 0 Å². The SMILES string of the molecule is CCN(CC)CCNCc1ccc(OC)nc1. The first kappa shape index (κ1) is 13.9. The van der Waals surface area contributed by atoms with E-state index in [2.05, 4.69) is 29.0 Å². The maximum absolute atomic E-state index is 5.02. The molecule has 0 bridgehead atoms. The van der Waals surface area contributed by atoms with E-state index in [1.807, 2.05) is 18.3 Å². The molecule has 0 amide bonds. The quantitative estimate of drug-likeness (QED) is 0.696. The van der Waals surface area contributed by atoms with Gasteiger partial charge in [-0.1, -0.05) is 19.9 Å². The Morgan fingerprint density at radius 3 is 2.59 bits per heavy atom. The summed E-state index contributed by atoms with van der Waals surface area (Å²) in [5.41, 5.74) is 1.19. The molecule has 0 aromatic carbocycles. The first-order chi connectivity index (χ1) is 8.30. The molecule has 1 N–H and O–H groups in total. The zero-order valence-corrected chi connectivity index (χ0v) is 11.1. The van der Waals surface area contributed by atoms with Crippen LogP contribution in [0.4, 0.5) is 0 Å². The lowest BCUT2D eigenvalue weighted by atomic mass is 10.3. The van der Waals surface area contributed by atoms with Gasteiger partial charge in [-0.05, 0) is 18.7 Å². The maximum atomic E-state index is 5.02. The van der Waals surface area contributed by atoms with Gasteiger partial charge in [0.25, 0.3) is 0 Å². The van der Waals surface area contributed by atoms with Crippen LogP contribution in [-0.2, 0) is 6.54 Å². The number of hydrogen-bond acceptors (Lipinski definition) is 4. The first-order valence-electron chi connectivity index (χ1n) is 6.22.